The minimum absolute atomic E-state index is 0.125. The van der Waals surface area contributed by atoms with E-state index in [1.165, 1.54) is 18.8 Å². The van der Waals surface area contributed by atoms with Gasteiger partial charge in [0.2, 0.25) is 0 Å². The zero-order valence-corrected chi connectivity index (χ0v) is 15.5. The molecule has 1 aromatic rings. The lowest BCUT2D eigenvalue weighted by Gasteiger charge is -2.25. The van der Waals surface area contributed by atoms with Crippen molar-refractivity contribution in [3.05, 3.63) is 24.2 Å². The van der Waals surface area contributed by atoms with Crippen LogP contribution >= 0.6 is 0 Å². The maximum absolute atomic E-state index is 12.4. The van der Waals surface area contributed by atoms with E-state index in [2.05, 4.69) is 5.32 Å². The van der Waals surface area contributed by atoms with Gasteiger partial charge in [0.25, 0.3) is 11.8 Å². The molecule has 0 aromatic carbocycles. The molecule has 0 saturated carbocycles. The van der Waals surface area contributed by atoms with Crippen LogP contribution in [0.3, 0.4) is 0 Å². The van der Waals surface area contributed by atoms with Crippen molar-refractivity contribution in [2.45, 2.75) is 52.0 Å². The summed E-state index contributed by atoms with van der Waals surface area (Å²) in [6.45, 7) is 4.72. The van der Waals surface area contributed by atoms with Gasteiger partial charge in [0.05, 0.1) is 6.26 Å². The molecular weight excluding hydrogens is 336 g/mol. The molecule has 2 heterocycles. The summed E-state index contributed by atoms with van der Waals surface area (Å²) >= 11 is 0. The maximum atomic E-state index is 12.4. The van der Waals surface area contributed by atoms with Gasteiger partial charge in [-0.1, -0.05) is 33.1 Å². The molecule has 0 bridgehead atoms. The van der Waals surface area contributed by atoms with E-state index in [1.54, 1.807) is 24.8 Å². The van der Waals surface area contributed by atoms with Crippen LogP contribution in [0.2, 0.25) is 0 Å². The van der Waals surface area contributed by atoms with E-state index in [0.717, 1.165) is 25.7 Å². The number of nitrogens with zero attached hydrogens (tertiary/aromatic N) is 1. The number of ether oxygens (including phenoxy) is 1. The van der Waals surface area contributed by atoms with Crippen molar-refractivity contribution in [1.29, 1.82) is 0 Å². The van der Waals surface area contributed by atoms with Gasteiger partial charge in [-0.05, 0) is 30.9 Å². The van der Waals surface area contributed by atoms with Gasteiger partial charge in [-0.15, -0.1) is 0 Å². The highest BCUT2D eigenvalue weighted by atomic mass is 16.5. The number of esters is 1. The fourth-order valence-electron chi connectivity index (χ4n) is 2.93. The van der Waals surface area contributed by atoms with Crippen LogP contribution in [0.1, 0.15) is 56.5 Å². The van der Waals surface area contributed by atoms with Gasteiger partial charge < -0.3 is 19.4 Å². The molecule has 2 rings (SSSR count). The van der Waals surface area contributed by atoms with Gasteiger partial charge in [0.15, 0.2) is 12.4 Å². The van der Waals surface area contributed by atoms with Crippen LogP contribution in [0.5, 0.6) is 0 Å². The number of likely N-dealkylation sites (tertiary alicyclic amines) is 1. The minimum atomic E-state index is -0.840. The molecule has 144 valence electrons. The summed E-state index contributed by atoms with van der Waals surface area (Å²) in [4.78, 5) is 38.5. The molecule has 1 saturated heterocycles. The lowest BCUT2D eigenvalue weighted by Crippen LogP contribution is -2.46. The second-order valence-electron chi connectivity index (χ2n) is 6.93. The van der Waals surface area contributed by atoms with E-state index in [0.29, 0.717) is 13.1 Å². The summed E-state index contributed by atoms with van der Waals surface area (Å²) in [5.41, 5.74) is 0. The molecule has 7 nitrogen and oxygen atoms in total. The minimum Gasteiger partial charge on any atom is -0.459 e. The van der Waals surface area contributed by atoms with E-state index in [9.17, 15) is 14.4 Å². The van der Waals surface area contributed by atoms with Crippen molar-refractivity contribution in [1.82, 2.24) is 10.2 Å². The monoisotopic (exact) mass is 364 g/mol. The summed E-state index contributed by atoms with van der Waals surface area (Å²) in [5, 5.41) is 2.61. The number of nitrogens with one attached hydrogen (secondary N) is 1. The van der Waals surface area contributed by atoms with Gasteiger partial charge in [-0.3, -0.25) is 9.59 Å². The lowest BCUT2D eigenvalue weighted by atomic mass is 10.0. The van der Waals surface area contributed by atoms with E-state index in [1.807, 2.05) is 0 Å². The molecule has 1 aliphatic heterocycles. The van der Waals surface area contributed by atoms with Crippen LogP contribution in [0.15, 0.2) is 22.8 Å². The zero-order valence-electron chi connectivity index (χ0n) is 15.5. The first-order chi connectivity index (χ1) is 12.5. The molecule has 0 radical (unpaired) electrons. The Morgan fingerprint density at radius 3 is 2.38 bits per heavy atom. The molecule has 1 fully saturated rings. The SMILES string of the molecule is CC(C)[C@H](NC(=O)c1ccco1)C(=O)OCC(=O)N1CCCCCCC1. The van der Waals surface area contributed by atoms with Gasteiger partial charge in [0, 0.05) is 13.1 Å². The van der Waals surface area contributed by atoms with Crippen molar-refractivity contribution >= 4 is 17.8 Å². The van der Waals surface area contributed by atoms with Crippen LogP contribution < -0.4 is 5.32 Å². The first-order valence-corrected chi connectivity index (χ1v) is 9.28. The summed E-state index contributed by atoms with van der Waals surface area (Å²) in [6.07, 6.45) is 6.80. The number of rotatable bonds is 6. The van der Waals surface area contributed by atoms with Crippen molar-refractivity contribution in [3.63, 3.8) is 0 Å². The van der Waals surface area contributed by atoms with Gasteiger partial charge in [0.1, 0.15) is 6.04 Å². The summed E-state index contributed by atoms with van der Waals surface area (Å²) < 4.78 is 10.2. The highest BCUT2D eigenvalue weighted by Crippen LogP contribution is 2.11. The topological polar surface area (TPSA) is 88.9 Å². The predicted molar refractivity (Wildman–Crippen MR) is 95.4 cm³/mol. The molecule has 26 heavy (non-hydrogen) atoms. The molecule has 1 N–H and O–H groups in total. The highest BCUT2D eigenvalue weighted by molar-refractivity contribution is 5.94. The second-order valence-corrected chi connectivity index (χ2v) is 6.93. The average molecular weight is 364 g/mol. The van der Waals surface area contributed by atoms with Crippen LogP contribution in [-0.2, 0) is 14.3 Å². The third-order valence-corrected chi connectivity index (χ3v) is 4.50. The number of carbonyl (C=O) groups is 3. The van der Waals surface area contributed by atoms with Crippen molar-refractivity contribution in [3.8, 4) is 0 Å². The van der Waals surface area contributed by atoms with Crippen molar-refractivity contribution in [2.75, 3.05) is 19.7 Å². The quantitative estimate of drug-likeness (QED) is 0.783. The number of carbonyl (C=O) groups excluding carboxylic acids is 3. The Labute approximate surface area is 154 Å². The molecule has 0 unspecified atom stereocenters. The zero-order chi connectivity index (χ0) is 18.9. The van der Waals surface area contributed by atoms with Crippen LogP contribution in [0, 0.1) is 5.92 Å². The third-order valence-electron chi connectivity index (χ3n) is 4.50. The molecule has 1 aliphatic rings. The van der Waals surface area contributed by atoms with Crippen LogP contribution in [0.4, 0.5) is 0 Å². The molecule has 0 spiro atoms. The normalized spacial score (nSPS) is 16.5. The first-order valence-electron chi connectivity index (χ1n) is 9.28. The van der Waals surface area contributed by atoms with Gasteiger partial charge in [-0.25, -0.2) is 4.79 Å². The maximum Gasteiger partial charge on any atom is 0.329 e. The van der Waals surface area contributed by atoms with Crippen molar-refractivity contribution < 1.29 is 23.5 Å². The van der Waals surface area contributed by atoms with E-state index in [4.69, 9.17) is 9.15 Å². The molecule has 7 heteroatoms. The predicted octanol–water partition coefficient (Wildman–Crippen LogP) is 2.37. The van der Waals surface area contributed by atoms with E-state index in [-0.39, 0.29) is 24.2 Å². The second kappa shape index (κ2) is 9.99. The Bertz CT molecular complexity index is 589. The van der Waals surface area contributed by atoms with E-state index < -0.39 is 17.9 Å². The fourth-order valence-corrected chi connectivity index (χ4v) is 2.93. The van der Waals surface area contributed by atoms with E-state index >= 15 is 0 Å². The van der Waals surface area contributed by atoms with Crippen LogP contribution in [0.25, 0.3) is 0 Å². The fraction of sp³-hybridized carbons (Fsp3) is 0.632. The molecular formula is C19H28N2O5. The smallest absolute Gasteiger partial charge is 0.329 e. The summed E-state index contributed by atoms with van der Waals surface area (Å²) in [5.74, 6) is -1.33. The number of amides is 2. The Morgan fingerprint density at radius 2 is 1.81 bits per heavy atom. The number of hydrogen-bond donors (Lipinski definition) is 1. The molecule has 1 atom stereocenters. The summed E-state index contributed by atoms with van der Waals surface area (Å²) in [6, 6.07) is 2.27. The molecule has 2 amide bonds. The third kappa shape index (κ3) is 5.89. The standard InChI is InChI=1S/C19H28N2O5/c1-14(2)17(20-18(23)15-9-8-12-25-15)19(24)26-13-16(22)21-10-6-4-3-5-7-11-21/h8-9,12,14,17H,3-7,10-11,13H2,1-2H3,(H,20,23)/t17-/m0/s1. The Hall–Kier alpha value is -2.31. The van der Waals surface area contributed by atoms with Crippen molar-refractivity contribution in [2.24, 2.45) is 5.92 Å². The average Bonchev–Trinajstić information content (AvgIpc) is 3.11. The lowest BCUT2D eigenvalue weighted by molar-refractivity contribution is -0.154. The van der Waals surface area contributed by atoms with Gasteiger partial charge in [-0.2, -0.15) is 0 Å². The van der Waals surface area contributed by atoms with Crippen LogP contribution in [-0.4, -0.2) is 48.4 Å². The highest BCUT2D eigenvalue weighted by Gasteiger charge is 2.28. The Balaban J connectivity index is 1.86. The van der Waals surface area contributed by atoms with Gasteiger partial charge >= 0.3 is 5.97 Å². The Kier molecular flexibility index (Phi) is 7.69. The molecule has 1 aromatic heterocycles. The number of furan rings is 1. The molecule has 0 aliphatic carbocycles. The first kappa shape index (κ1) is 20.0. The largest absolute Gasteiger partial charge is 0.459 e. The Morgan fingerprint density at radius 1 is 1.15 bits per heavy atom. The summed E-state index contributed by atoms with van der Waals surface area (Å²) in [7, 11) is 0. The number of hydrogen-bond acceptors (Lipinski definition) is 5.